The van der Waals surface area contributed by atoms with Crippen LogP contribution in [0.15, 0.2) is 12.2 Å². The molecule has 8 nitrogen and oxygen atoms in total. The lowest BCUT2D eigenvalue weighted by atomic mass is 9.93. The number of carbonyl (C=O) groups excluding carboxylic acids is 1. The number of ether oxygens (including phenoxy) is 4. The molecule has 0 bridgehead atoms. The molecule has 0 aromatic carbocycles. The van der Waals surface area contributed by atoms with Crippen molar-refractivity contribution in [2.45, 2.75) is 76.5 Å². The second kappa shape index (κ2) is 14.0. The van der Waals surface area contributed by atoms with Gasteiger partial charge >= 0.3 is 5.97 Å². The van der Waals surface area contributed by atoms with E-state index in [-0.39, 0.29) is 24.8 Å². The Labute approximate surface area is 167 Å². The monoisotopic (exact) mass is 404 g/mol. The minimum Gasteiger partial charge on any atom is -0.466 e. The molecule has 5 atom stereocenters. The maximum Gasteiger partial charge on any atom is 0.305 e. The van der Waals surface area contributed by atoms with Crippen LogP contribution >= 0.6 is 0 Å². The van der Waals surface area contributed by atoms with Gasteiger partial charge in [0.25, 0.3) is 0 Å². The lowest BCUT2D eigenvalue weighted by molar-refractivity contribution is -0.226. The third-order valence-electron chi connectivity index (χ3n) is 4.57. The molecule has 164 valence electrons. The van der Waals surface area contributed by atoms with Crippen molar-refractivity contribution in [2.75, 3.05) is 33.0 Å². The molecule has 28 heavy (non-hydrogen) atoms. The predicted octanol–water partition coefficient (Wildman–Crippen LogP) is 0.959. The number of aliphatic hydroxyl groups is 3. The van der Waals surface area contributed by atoms with Crippen LogP contribution in [0, 0.1) is 0 Å². The highest BCUT2D eigenvalue weighted by Gasteiger charge is 2.40. The van der Waals surface area contributed by atoms with Crippen LogP contribution in [-0.4, -0.2) is 84.8 Å². The van der Waals surface area contributed by atoms with Crippen LogP contribution in [0.2, 0.25) is 0 Å². The van der Waals surface area contributed by atoms with Crippen molar-refractivity contribution in [2.24, 2.45) is 0 Å². The van der Waals surface area contributed by atoms with Crippen LogP contribution in [0.3, 0.4) is 0 Å². The Morgan fingerprint density at radius 1 is 1.25 bits per heavy atom. The van der Waals surface area contributed by atoms with Crippen LogP contribution in [0.4, 0.5) is 0 Å². The second-order valence-electron chi connectivity index (χ2n) is 7.02. The van der Waals surface area contributed by atoms with Crippen LogP contribution in [0.5, 0.6) is 0 Å². The summed E-state index contributed by atoms with van der Waals surface area (Å²) in [4.78, 5) is 10.2. The predicted molar refractivity (Wildman–Crippen MR) is 103 cm³/mol. The average molecular weight is 405 g/mol. The minimum absolute atomic E-state index is 0.123. The number of fused-ring (bicyclic) bond motifs is 1. The molecule has 0 radical (unpaired) electrons. The van der Waals surface area contributed by atoms with E-state index in [2.05, 4.69) is 11.3 Å². The molecule has 8 heteroatoms. The molecule has 3 heterocycles. The van der Waals surface area contributed by atoms with Gasteiger partial charge in [0, 0.05) is 25.9 Å². The topological polar surface area (TPSA) is 115 Å². The zero-order valence-electron chi connectivity index (χ0n) is 17.0. The number of aliphatic hydroxyl groups excluding tert-OH is 3. The maximum atomic E-state index is 10.2. The summed E-state index contributed by atoms with van der Waals surface area (Å²) < 4.78 is 20.4. The van der Waals surface area contributed by atoms with Gasteiger partial charge < -0.3 is 34.3 Å². The lowest BCUT2D eigenvalue weighted by Gasteiger charge is -2.42. The van der Waals surface area contributed by atoms with Crippen molar-refractivity contribution >= 4 is 5.97 Å². The molecular formula is C20H36O8. The summed E-state index contributed by atoms with van der Waals surface area (Å²) in [5.74, 6) is -0.123. The number of rotatable bonds is 3. The third kappa shape index (κ3) is 9.45. The minimum atomic E-state index is -0.670. The summed E-state index contributed by atoms with van der Waals surface area (Å²) >= 11 is 0. The van der Waals surface area contributed by atoms with E-state index >= 15 is 0 Å². The Morgan fingerprint density at radius 3 is 2.46 bits per heavy atom. The van der Waals surface area contributed by atoms with Gasteiger partial charge in [0.15, 0.2) is 0 Å². The summed E-state index contributed by atoms with van der Waals surface area (Å²) in [5.41, 5.74) is 1.24. The highest BCUT2D eigenvalue weighted by molar-refractivity contribution is 5.68. The zero-order chi connectivity index (χ0) is 20.9. The van der Waals surface area contributed by atoms with Crippen LogP contribution < -0.4 is 0 Å². The van der Waals surface area contributed by atoms with E-state index in [0.717, 1.165) is 13.2 Å². The molecule has 3 rings (SSSR count). The first kappa shape index (κ1) is 25.0. The molecule has 0 aromatic rings. The normalized spacial score (nSPS) is 32.0. The number of carbonyl (C=O) groups is 1. The van der Waals surface area contributed by atoms with E-state index in [1.807, 2.05) is 0 Å². The fraction of sp³-hybridized carbons (Fsp3) is 0.850. The molecular weight excluding hydrogens is 368 g/mol. The summed E-state index contributed by atoms with van der Waals surface area (Å²) in [6.07, 6.45) is 1.77. The highest BCUT2D eigenvalue weighted by atomic mass is 16.6. The molecule has 3 aliphatic rings. The van der Waals surface area contributed by atoms with Gasteiger partial charge in [-0.3, -0.25) is 4.79 Å². The summed E-state index contributed by atoms with van der Waals surface area (Å²) in [6.45, 7) is 9.69. The SMILES string of the molecule is C=C1CCCOC1.CCOC(=O)CC.OC[C@H]1O[C@H]2C[C@@H](O)CO[C@H]2C[C@H]1O. The summed E-state index contributed by atoms with van der Waals surface area (Å²) in [6, 6.07) is 0. The van der Waals surface area contributed by atoms with Gasteiger partial charge in [-0.15, -0.1) is 0 Å². The van der Waals surface area contributed by atoms with Crippen molar-refractivity contribution in [3.63, 3.8) is 0 Å². The van der Waals surface area contributed by atoms with E-state index in [4.69, 9.17) is 19.3 Å². The van der Waals surface area contributed by atoms with Crippen molar-refractivity contribution in [3.8, 4) is 0 Å². The van der Waals surface area contributed by atoms with E-state index in [0.29, 0.717) is 32.5 Å². The molecule has 3 saturated heterocycles. The number of hydrogen-bond donors (Lipinski definition) is 3. The van der Waals surface area contributed by atoms with Gasteiger partial charge in [-0.25, -0.2) is 0 Å². The van der Waals surface area contributed by atoms with E-state index in [1.54, 1.807) is 13.8 Å². The smallest absolute Gasteiger partial charge is 0.305 e. The van der Waals surface area contributed by atoms with Crippen LogP contribution in [0.1, 0.15) is 46.0 Å². The third-order valence-corrected chi connectivity index (χ3v) is 4.57. The first-order chi connectivity index (χ1) is 13.4. The Balaban J connectivity index is 0.000000237. The fourth-order valence-corrected chi connectivity index (χ4v) is 3.04. The molecule has 0 aromatic heterocycles. The number of hydrogen-bond acceptors (Lipinski definition) is 8. The molecule has 0 spiro atoms. The van der Waals surface area contributed by atoms with Gasteiger partial charge in [0.05, 0.1) is 50.8 Å². The van der Waals surface area contributed by atoms with Gasteiger partial charge in [0.1, 0.15) is 6.10 Å². The van der Waals surface area contributed by atoms with Crippen molar-refractivity contribution < 1.29 is 39.1 Å². The average Bonchev–Trinajstić information content (AvgIpc) is 2.69. The molecule has 3 aliphatic heterocycles. The van der Waals surface area contributed by atoms with E-state index < -0.39 is 18.3 Å². The Morgan fingerprint density at radius 2 is 2.00 bits per heavy atom. The lowest BCUT2D eigenvalue weighted by Crippen LogP contribution is -2.53. The fourth-order valence-electron chi connectivity index (χ4n) is 3.04. The zero-order valence-corrected chi connectivity index (χ0v) is 17.0. The van der Waals surface area contributed by atoms with Crippen molar-refractivity contribution in [1.82, 2.24) is 0 Å². The quantitative estimate of drug-likeness (QED) is 0.471. The molecule has 0 aliphatic carbocycles. The molecule has 3 N–H and O–H groups in total. The number of esters is 1. The first-order valence-corrected chi connectivity index (χ1v) is 10.0. The molecule has 3 fully saturated rings. The Kier molecular flexibility index (Phi) is 12.5. The first-order valence-electron chi connectivity index (χ1n) is 10.0. The summed E-state index contributed by atoms with van der Waals surface area (Å²) in [5, 5.41) is 27.8. The van der Waals surface area contributed by atoms with E-state index in [1.165, 1.54) is 18.4 Å². The van der Waals surface area contributed by atoms with Crippen LogP contribution in [0.25, 0.3) is 0 Å². The molecule has 0 amide bonds. The molecule has 0 saturated carbocycles. The largest absolute Gasteiger partial charge is 0.466 e. The van der Waals surface area contributed by atoms with Gasteiger partial charge in [-0.1, -0.05) is 19.1 Å². The van der Waals surface area contributed by atoms with Gasteiger partial charge in [-0.05, 0) is 19.8 Å². The van der Waals surface area contributed by atoms with Crippen LogP contribution in [-0.2, 0) is 23.7 Å². The van der Waals surface area contributed by atoms with Gasteiger partial charge in [-0.2, -0.15) is 0 Å². The van der Waals surface area contributed by atoms with Crippen molar-refractivity contribution in [1.29, 1.82) is 0 Å². The Bertz CT molecular complexity index is 440. The second-order valence-corrected chi connectivity index (χ2v) is 7.02. The van der Waals surface area contributed by atoms with Gasteiger partial charge in [0.2, 0.25) is 0 Å². The standard InChI is InChI=1S/C9H16O5.C6H10O.C5H10O2/c10-3-9-6(12)2-7-8(14-9)1-5(11)4-13-7;1-6-3-2-4-7-5-6;1-3-5(6)7-4-2/h5-12H,1-4H2;1-5H2;3-4H2,1-2H3/t5-,6-,7+,8+,9-;;/m1../s1. The highest BCUT2D eigenvalue weighted by Crippen LogP contribution is 2.28. The molecule has 0 unspecified atom stereocenters. The van der Waals surface area contributed by atoms with E-state index in [9.17, 15) is 15.0 Å². The Hall–Kier alpha value is -1.03. The summed E-state index contributed by atoms with van der Waals surface area (Å²) in [7, 11) is 0. The van der Waals surface area contributed by atoms with Crippen molar-refractivity contribution in [3.05, 3.63) is 12.2 Å². The maximum absolute atomic E-state index is 10.2.